The van der Waals surface area contributed by atoms with Gasteiger partial charge >= 0.3 is 0 Å². The van der Waals surface area contributed by atoms with Crippen LogP contribution in [0.3, 0.4) is 0 Å². The zero-order valence-corrected chi connectivity index (χ0v) is 13.0. The first-order chi connectivity index (χ1) is 10.6. The quantitative estimate of drug-likeness (QED) is 0.906. The van der Waals surface area contributed by atoms with Crippen LogP contribution in [0.1, 0.15) is 35.2 Å². The maximum Gasteiger partial charge on any atom is 0.253 e. The molecular weight excluding hydrogens is 283 g/mol. The Balaban J connectivity index is 1.61. The number of benzene rings is 1. The molecule has 120 valence electrons. The molecule has 1 aromatic carbocycles. The molecule has 1 saturated carbocycles. The van der Waals surface area contributed by atoms with E-state index in [1.54, 1.807) is 19.1 Å². The van der Waals surface area contributed by atoms with E-state index in [-0.39, 0.29) is 23.9 Å². The molecule has 22 heavy (non-hydrogen) atoms. The van der Waals surface area contributed by atoms with Gasteiger partial charge in [-0.3, -0.25) is 9.69 Å². The normalized spacial score (nSPS) is 26.4. The number of carbonyl (C=O) groups excluding carboxylic acids is 1. The molecule has 4 nitrogen and oxygen atoms in total. The highest BCUT2D eigenvalue weighted by molar-refractivity contribution is 5.94. The fourth-order valence-electron chi connectivity index (χ4n) is 3.56. The standard InChI is InChI=1S/C17H23FN2O2/c1-12-11-13(5-6-14(12)18)17(22)20-9-7-19(8-10-20)15-3-2-4-16(15)21/h5-6,11,15-16,21H,2-4,7-10H2,1H3/t15-,16+/m1/s1. The molecule has 3 rings (SSSR count). The minimum absolute atomic E-state index is 0.0327. The Labute approximate surface area is 130 Å². The number of piperazine rings is 1. The van der Waals surface area contributed by atoms with Crippen molar-refractivity contribution in [3.8, 4) is 0 Å². The maximum atomic E-state index is 13.3. The fraction of sp³-hybridized carbons (Fsp3) is 0.588. The second kappa shape index (κ2) is 6.34. The zero-order valence-electron chi connectivity index (χ0n) is 13.0. The predicted octanol–water partition coefficient (Wildman–Crippen LogP) is 1.81. The van der Waals surface area contributed by atoms with E-state index in [0.717, 1.165) is 32.4 Å². The van der Waals surface area contributed by atoms with Crippen LogP contribution in [0.25, 0.3) is 0 Å². The lowest BCUT2D eigenvalue weighted by atomic mass is 10.1. The largest absolute Gasteiger partial charge is 0.391 e. The minimum atomic E-state index is -0.281. The van der Waals surface area contributed by atoms with Gasteiger partial charge in [0.25, 0.3) is 5.91 Å². The molecular formula is C17H23FN2O2. The number of aryl methyl sites for hydroxylation is 1. The lowest BCUT2D eigenvalue weighted by molar-refractivity contribution is 0.0315. The molecule has 2 aliphatic rings. The molecule has 0 unspecified atom stereocenters. The summed E-state index contributed by atoms with van der Waals surface area (Å²) < 4.78 is 13.3. The van der Waals surface area contributed by atoms with Gasteiger partial charge in [0.2, 0.25) is 0 Å². The van der Waals surface area contributed by atoms with E-state index in [2.05, 4.69) is 4.90 Å². The average molecular weight is 306 g/mol. The van der Waals surface area contributed by atoms with Gasteiger partial charge < -0.3 is 10.0 Å². The van der Waals surface area contributed by atoms with Crippen LogP contribution in [0.15, 0.2) is 18.2 Å². The molecule has 2 atom stereocenters. The summed E-state index contributed by atoms with van der Waals surface area (Å²) in [7, 11) is 0. The van der Waals surface area contributed by atoms with Crippen LogP contribution >= 0.6 is 0 Å². The van der Waals surface area contributed by atoms with Crippen LogP contribution in [0.4, 0.5) is 4.39 Å². The highest BCUT2D eigenvalue weighted by Gasteiger charge is 2.33. The molecule has 5 heteroatoms. The smallest absolute Gasteiger partial charge is 0.253 e. The first-order valence-electron chi connectivity index (χ1n) is 8.04. The third kappa shape index (κ3) is 3.01. The molecule has 1 saturated heterocycles. The summed E-state index contributed by atoms with van der Waals surface area (Å²) in [5.74, 6) is -0.314. The Bertz CT molecular complexity index is 556. The molecule has 0 aromatic heterocycles. The summed E-state index contributed by atoms with van der Waals surface area (Å²) in [5, 5.41) is 9.99. The van der Waals surface area contributed by atoms with Crippen molar-refractivity contribution in [3.63, 3.8) is 0 Å². The molecule has 1 N–H and O–H groups in total. The van der Waals surface area contributed by atoms with Crippen molar-refractivity contribution in [2.75, 3.05) is 26.2 Å². The fourth-order valence-corrected chi connectivity index (χ4v) is 3.56. The summed E-state index contributed by atoms with van der Waals surface area (Å²) in [6.45, 7) is 4.60. The minimum Gasteiger partial charge on any atom is -0.391 e. The van der Waals surface area contributed by atoms with Crippen molar-refractivity contribution in [1.82, 2.24) is 9.80 Å². The third-order valence-electron chi connectivity index (χ3n) is 4.92. The molecule has 0 radical (unpaired) electrons. The number of rotatable bonds is 2. The highest BCUT2D eigenvalue weighted by atomic mass is 19.1. The maximum absolute atomic E-state index is 13.3. The van der Waals surface area contributed by atoms with Gasteiger partial charge in [0.1, 0.15) is 5.82 Å². The molecule has 1 aromatic rings. The van der Waals surface area contributed by atoms with Crippen LogP contribution in [0.2, 0.25) is 0 Å². The second-order valence-corrected chi connectivity index (χ2v) is 6.36. The summed E-state index contributed by atoms with van der Waals surface area (Å²) in [5.41, 5.74) is 1.05. The lowest BCUT2D eigenvalue weighted by Crippen LogP contribution is -2.53. The van der Waals surface area contributed by atoms with E-state index in [1.807, 2.05) is 4.90 Å². The van der Waals surface area contributed by atoms with E-state index < -0.39 is 0 Å². The number of amides is 1. The summed E-state index contributed by atoms with van der Waals surface area (Å²) in [4.78, 5) is 16.6. The Kier molecular flexibility index (Phi) is 4.45. The van der Waals surface area contributed by atoms with Crippen LogP contribution in [0.5, 0.6) is 0 Å². The monoisotopic (exact) mass is 306 g/mol. The van der Waals surface area contributed by atoms with Crippen LogP contribution in [-0.4, -0.2) is 59.1 Å². The molecule has 1 amide bonds. The van der Waals surface area contributed by atoms with Gasteiger partial charge in [-0.05, 0) is 49.9 Å². The zero-order chi connectivity index (χ0) is 15.7. The topological polar surface area (TPSA) is 43.8 Å². The van der Waals surface area contributed by atoms with E-state index in [0.29, 0.717) is 24.2 Å². The molecule has 0 bridgehead atoms. The van der Waals surface area contributed by atoms with Crippen LogP contribution in [-0.2, 0) is 0 Å². The molecule has 1 heterocycles. The van der Waals surface area contributed by atoms with Gasteiger partial charge in [-0.2, -0.15) is 0 Å². The van der Waals surface area contributed by atoms with Crippen molar-refractivity contribution in [2.45, 2.75) is 38.3 Å². The van der Waals surface area contributed by atoms with E-state index in [4.69, 9.17) is 0 Å². The van der Waals surface area contributed by atoms with Crippen molar-refractivity contribution < 1.29 is 14.3 Å². The summed E-state index contributed by atoms with van der Waals surface area (Å²) in [6.07, 6.45) is 2.80. The number of carbonyl (C=O) groups is 1. The Morgan fingerprint density at radius 1 is 1.23 bits per heavy atom. The highest BCUT2D eigenvalue weighted by Crippen LogP contribution is 2.25. The summed E-state index contributed by atoms with van der Waals surface area (Å²) >= 11 is 0. The van der Waals surface area contributed by atoms with Gasteiger partial charge in [-0.1, -0.05) is 0 Å². The summed E-state index contributed by atoms with van der Waals surface area (Å²) in [6, 6.07) is 4.78. The third-order valence-corrected chi connectivity index (χ3v) is 4.92. The number of hydrogen-bond donors (Lipinski definition) is 1. The first kappa shape index (κ1) is 15.4. The van der Waals surface area contributed by atoms with E-state index >= 15 is 0 Å². The molecule has 1 aliphatic carbocycles. The first-order valence-corrected chi connectivity index (χ1v) is 8.04. The Morgan fingerprint density at radius 2 is 1.95 bits per heavy atom. The predicted molar refractivity (Wildman–Crippen MR) is 82.3 cm³/mol. The Hall–Kier alpha value is -1.46. The van der Waals surface area contributed by atoms with E-state index in [9.17, 15) is 14.3 Å². The van der Waals surface area contributed by atoms with Crippen molar-refractivity contribution in [1.29, 1.82) is 0 Å². The number of aliphatic hydroxyl groups is 1. The van der Waals surface area contributed by atoms with Gasteiger partial charge in [0, 0.05) is 37.8 Å². The van der Waals surface area contributed by atoms with Gasteiger partial charge in [-0.25, -0.2) is 4.39 Å². The Morgan fingerprint density at radius 3 is 2.55 bits per heavy atom. The molecule has 1 aliphatic heterocycles. The van der Waals surface area contributed by atoms with Crippen molar-refractivity contribution in [3.05, 3.63) is 35.1 Å². The number of halogens is 1. The molecule has 2 fully saturated rings. The van der Waals surface area contributed by atoms with Crippen molar-refractivity contribution >= 4 is 5.91 Å². The SMILES string of the molecule is Cc1cc(C(=O)N2CCN([C@@H]3CCC[C@@H]3O)CC2)ccc1F. The molecule has 0 spiro atoms. The second-order valence-electron chi connectivity index (χ2n) is 6.36. The van der Waals surface area contributed by atoms with Crippen molar-refractivity contribution in [2.24, 2.45) is 0 Å². The lowest BCUT2D eigenvalue weighted by Gasteiger charge is -2.39. The van der Waals surface area contributed by atoms with Crippen LogP contribution < -0.4 is 0 Å². The number of aliphatic hydroxyl groups excluding tert-OH is 1. The number of hydrogen-bond acceptors (Lipinski definition) is 3. The van der Waals surface area contributed by atoms with Crippen LogP contribution in [0, 0.1) is 12.7 Å². The van der Waals surface area contributed by atoms with E-state index in [1.165, 1.54) is 6.07 Å². The number of nitrogens with zero attached hydrogens (tertiary/aromatic N) is 2. The van der Waals surface area contributed by atoms with Gasteiger partial charge in [0.15, 0.2) is 0 Å². The van der Waals surface area contributed by atoms with Gasteiger partial charge in [0.05, 0.1) is 6.10 Å². The average Bonchev–Trinajstić information content (AvgIpc) is 2.95. The van der Waals surface area contributed by atoms with Gasteiger partial charge in [-0.15, -0.1) is 0 Å².